The third-order valence-corrected chi connectivity index (χ3v) is 6.58. The highest BCUT2D eigenvalue weighted by atomic mass is 32.1. The first-order valence-electron chi connectivity index (χ1n) is 10.7. The Morgan fingerprint density at radius 3 is 2.73 bits per heavy atom. The second-order valence-electron chi connectivity index (χ2n) is 8.01. The van der Waals surface area contributed by atoms with Gasteiger partial charge in [-0.25, -0.2) is 19.7 Å². The molecule has 0 spiro atoms. The maximum Gasteiger partial charge on any atom is 0.335 e. The second-order valence-corrected chi connectivity index (χ2v) is 8.85. The van der Waals surface area contributed by atoms with Crippen molar-refractivity contribution < 1.29 is 14.6 Å². The number of nitrogens with zero attached hydrogens (tertiary/aromatic N) is 4. The van der Waals surface area contributed by atoms with Crippen molar-refractivity contribution in [3.05, 3.63) is 53.5 Å². The van der Waals surface area contributed by atoms with Gasteiger partial charge in [-0.05, 0) is 38.0 Å². The van der Waals surface area contributed by atoms with Gasteiger partial charge < -0.3 is 20.1 Å². The number of carbonyl (C=O) groups is 1. The summed E-state index contributed by atoms with van der Waals surface area (Å²) in [6.07, 6.45) is 2.35. The van der Waals surface area contributed by atoms with Crippen molar-refractivity contribution in [3.8, 4) is 17.1 Å². The molecule has 4 aromatic rings. The van der Waals surface area contributed by atoms with Gasteiger partial charge >= 0.3 is 5.97 Å². The molecule has 1 saturated heterocycles. The summed E-state index contributed by atoms with van der Waals surface area (Å²) in [6.45, 7) is 3.26. The van der Waals surface area contributed by atoms with Crippen molar-refractivity contribution in [1.82, 2.24) is 15.0 Å². The number of aromatic nitrogens is 3. The Labute approximate surface area is 194 Å². The number of nitrogens with one attached hydrogen (secondary N) is 1. The maximum atomic E-state index is 11.2. The number of carboxylic acids is 1. The molecule has 1 aliphatic heterocycles. The highest BCUT2D eigenvalue weighted by molar-refractivity contribution is 7.16. The number of hydrogen-bond donors (Lipinski definition) is 2. The van der Waals surface area contributed by atoms with Gasteiger partial charge in [0.25, 0.3) is 0 Å². The lowest BCUT2D eigenvalue weighted by Crippen LogP contribution is -2.26. The van der Waals surface area contributed by atoms with Crippen molar-refractivity contribution in [1.29, 1.82) is 0 Å². The van der Waals surface area contributed by atoms with E-state index in [1.807, 2.05) is 6.07 Å². The van der Waals surface area contributed by atoms with Crippen LogP contribution in [0.3, 0.4) is 0 Å². The number of ether oxygens (including phenoxy) is 1. The predicted octanol–water partition coefficient (Wildman–Crippen LogP) is 5.19. The number of thiazole rings is 1. The molecule has 1 aliphatic rings. The maximum absolute atomic E-state index is 11.2. The molecule has 2 aromatic carbocycles. The van der Waals surface area contributed by atoms with E-state index in [0.29, 0.717) is 23.2 Å². The number of aromatic carboxylic acids is 1. The molecule has 33 heavy (non-hydrogen) atoms. The van der Waals surface area contributed by atoms with Gasteiger partial charge in [-0.15, -0.1) is 11.3 Å². The Bertz CT molecular complexity index is 1320. The summed E-state index contributed by atoms with van der Waals surface area (Å²) in [4.78, 5) is 28.1. The zero-order valence-electron chi connectivity index (χ0n) is 18.3. The summed E-state index contributed by atoms with van der Waals surface area (Å²) in [5.74, 6) is 0.890. The Morgan fingerprint density at radius 1 is 1.21 bits per heavy atom. The van der Waals surface area contributed by atoms with Gasteiger partial charge in [0.15, 0.2) is 11.6 Å². The van der Waals surface area contributed by atoms with Crippen LogP contribution in [-0.4, -0.2) is 45.7 Å². The van der Waals surface area contributed by atoms with Gasteiger partial charge in [-0.2, -0.15) is 0 Å². The molecule has 0 radical (unpaired) electrons. The van der Waals surface area contributed by atoms with Gasteiger partial charge in [0, 0.05) is 41.7 Å². The van der Waals surface area contributed by atoms with Crippen LogP contribution in [0.5, 0.6) is 5.75 Å². The van der Waals surface area contributed by atoms with Crippen LogP contribution in [0, 0.1) is 0 Å². The normalized spacial score (nSPS) is 15.7. The van der Waals surface area contributed by atoms with Crippen molar-refractivity contribution in [3.63, 3.8) is 0 Å². The van der Waals surface area contributed by atoms with E-state index in [0.717, 1.165) is 34.1 Å². The van der Waals surface area contributed by atoms with Crippen molar-refractivity contribution in [2.75, 3.05) is 23.9 Å². The van der Waals surface area contributed by atoms with Crippen LogP contribution in [0.2, 0.25) is 0 Å². The molecule has 8 nitrogen and oxygen atoms in total. The minimum atomic E-state index is -0.969. The summed E-state index contributed by atoms with van der Waals surface area (Å²) in [6, 6.07) is 13.1. The molecule has 2 aromatic heterocycles. The second kappa shape index (κ2) is 8.67. The molecule has 0 aliphatic carbocycles. The summed E-state index contributed by atoms with van der Waals surface area (Å²) >= 11 is 1.43. The van der Waals surface area contributed by atoms with Crippen LogP contribution in [-0.2, 0) is 0 Å². The van der Waals surface area contributed by atoms with Crippen LogP contribution < -0.4 is 15.0 Å². The third-order valence-electron chi connectivity index (χ3n) is 5.86. The zero-order valence-corrected chi connectivity index (χ0v) is 19.1. The van der Waals surface area contributed by atoms with Crippen LogP contribution in [0.1, 0.15) is 30.1 Å². The van der Waals surface area contributed by atoms with E-state index in [1.165, 1.54) is 24.2 Å². The number of carboxylic acid groups (broad SMARTS) is 1. The van der Waals surface area contributed by atoms with Gasteiger partial charge in [0.2, 0.25) is 0 Å². The minimum absolute atomic E-state index is 0.219. The Balaban J connectivity index is 1.54. The molecular formula is C24H23N5O3S. The molecule has 0 amide bonds. The third kappa shape index (κ3) is 4.19. The van der Waals surface area contributed by atoms with E-state index >= 15 is 0 Å². The van der Waals surface area contributed by atoms with Crippen molar-refractivity contribution >= 4 is 44.8 Å². The molecule has 1 unspecified atom stereocenters. The fourth-order valence-corrected chi connectivity index (χ4v) is 4.79. The van der Waals surface area contributed by atoms with Crippen LogP contribution >= 0.6 is 11.3 Å². The van der Waals surface area contributed by atoms with E-state index in [1.54, 1.807) is 36.9 Å². The number of benzene rings is 2. The molecule has 0 saturated carbocycles. The fraction of sp³-hybridized carbons (Fsp3) is 0.250. The molecule has 9 heteroatoms. The van der Waals surface area contributed by atoms with Gasteiger partial charge in [0.1, 0.15) is 16.1 Å². The smallest absolute Gasteiger partial charge is 0.335 e. The number of rotatable bonds is 6. The van der Waals surface area contributed by atoms with E-state index < -0.39 is 5.97 Å². The van der Waals surface area contributed by atoms with E-state index in [9.17, 15) is 4.79 Å². The number of methoxy groups -OCH3 is 1. The Kier molecular flexibility index (Phi) is 5.55. The van der Waals surface area contributed by atoms with Gasteiger partial charge in [-0.3, -0.25) is 0 Å². The van der Waals surface area contributed by atoms with Crippen LogP contribution in [0.15, 0.2) is 48.0 Å². The zero-order chi connectivity index (χ0) is 22.9. The lowest BCUT2D eigenvalue weighted by molar-refractivity contribution is 0.0697. The Hall–Kier alpha value is -3.72. The van der Waals surface area contributed by atoms with Crippen molar-refractivity contribution in [2.24, 2.45) is 0 Å². The monoisotopic (exact) mass is 461 g/mol. The largest absolute Gasteiger partial charge is 0.497 e. The van der Waals surface area contributed by atoms with Crippen LogP contribution in [0.25, 0.3) is 21.7 Å². The van der Waals surface area contributed by atoms with Crippen molar-refractivity contribution in [2.45, 2.75) is 25.8 Å². The first-order chi connectivity index (χ1) is 16.0. The quantitative estimate of drug-likeness (QED) is 0.404. The summed E-state index contributed by atoms with van der Waals surface area (Å²) < 4.78 is 5.56. The molecule has 0 bridgehead atoms. The number of anilines is 3. The lowest BCUT2D eigenvalue weighted by atomic mass is 10.1. The topological polar surface area (TPSA) is 100 Å². The van der Waals surface area contributed by atoms with E-state index in [-0.39, 0.29) is 5.56 Å². The lowest BCUT2D eigenvalue weighted by Gasteiger charge is -2.25. The minimum Gasteiger partial charge on any atom is -0.497 e. The SMILES string of the molecule is COc1cc(Nc2nc(-c3ccc(C(=O)O)cc3)nc3scnc23)cc(N2CCCC2C)c1. The molecule has 168 valence electrons. The standard InChI is InChI=1S/C24H23N5O3S/c1-14-4-3-9-29(14)18-10-17(11-19(12-18)32-2)26-22-20-23(33-13-25-20)28-21(27-22)15-5-7-16(8-6-15)24(30)31/h5-8,10-14H,3-4,9H2,1-2H3,(H,30,31)(H,26,27,28). The van der Waals surface area contributed by atoms with Gasteiger partial charge in [0.05, 0.1) is 18.2 Å². The number of hydrogen-bond acceptors (Lipinski definition) is 8. The molecule has 1 fully saturated rings. The Morgan fingerprint density at radius 2 is 2.03 bits per heavy atom. The first kappa shape index (κ1) is 21.1. The fourth-order valence-electron chi connectivity index (χ4n) is 4.13. The predicted molar refractivity (Wildman–Crippen MR) is 130 cm³/mol. The summed E-state index contributed by atoms with van der Waals surface area (Å²) in [5.41, 5.74) is 5.33. The molecule has 2 N–H and O–H groups in total. The van der Waals surface area contributed by atoms with E-state index in [2.05, 4.69) is 39.2 Å². The van der Waals surface area contributed by atoms with Crippen LogP contribution in [0.4, 0.5) is 17.2 Å². The molecule has 1 atom stereocenters. The molecule has 5 rings (SSSR count). The molecule has 3 heterocycles. The average Bonchev–Trinajstić information content (AvgIpc) is 3.47. The molecular weight excluding hydrogens is 438 g/mol. The van der Waals surface area contributed by atoms with Gasteiger partial charge in [-0.1, -0.05) is 12.1 Å². The summed E-state index contributed by atoms with van der Waals surface area (Å²) in [7, 11) is 1.67. The highest BCUT2D eigenvalue weighted by Gasteiger charge is 2.22. The first-order valence-corrected chi connectivity index (χ1v) is 11.6. The van der Waals surface area contributed by atoms with E-state index in [4.69, 9.17) is 14.8 Å². The number of fused-ring (bicyclic) bond motifs is 1. The summed E-state index contributed by atoms with van der Waals surface area (Å²) in [5, 5.41) is 12.6. The average molecular weight is 462 g/mol. The highest BCUT2D eigenvalue weighted by Crippen LogP contribution is 2.34.